The lowest BCUT2D eigenvalue weighted by Gasteiger charge is -2.30. The van der Waals surface area contributed by atoms with E-state index in [1.807, 2.05) is 13.0 Å². The molecule has 3 aromatic rings. The van der Waals surface area contributed by atoms with Crippen molar-refractivity contribution < 1.29 is 22.2 Å². The first kappa shape index (κ1) is 20.3. The SMILES string of the molecule is CC(=O)Nc1ccc(S(=O)(=O)N2CCCC(c3nc(-c4ccc(C)o4)no3)C2)cc1. The van der Waals surface area contributed by atoms with E-state index in [4.69, 9.17) is 8.94 Å². The number of amides is 1. The molecule has 1 aromatic carbocycles. The first-order valence-electron chi connectivity index (χ1n) is 9.61. The third-order valence-electron chi connectivity index (χ3n) is 4.95. The highest BCUT2D eigenvalue weighted by Crippen LogP contribution is 2.31. The molecule has 9 nitrogen and oxygen atoms in total. The summed E-state index contributed by atoms with van der Waals surface area (Å²) in [6.45, 7) is 3.91. The number of hydrogen-bond acceptors (Lipinski definition) is 7. The maximum absolute atomic E-state index is 13.1. The number of sulfonamides is 1. The minimum atomic E-state index is -3.68. The number of hydrogen-bond donors (Lipinski definition) is 1. The zero-order valence-corrected chi connectivity index (χ0v) is 17.5. The van der Waals surface area contributed by atoms with Gasteiger partial charge >= 0.3 is 0 Å². The van der Waals surface area contributed by atoms with Gasteiger partial charge in [-0.2, -0.15) is 9.29 Å². The van der Waals surface area contributed by atoms with E-state index in [1.165, 1.54) is 23.4 Å². The molecule has 1 amide bonds. The van der Waals surface area contributed by atoms with Crippen LogP contribution >= 0.6 is 0 Å². The van der Waals surface area contributed by atoms with E-state index in [9.17, 15) is 13.2 Å². The molecule has 2 aromatic heterocycles. The smallest absolute Gasteiger partial charge is 0.243 e. The van der Waals surface area contributed by atoms with Crippen LogP contribution in [-0.4, -0.2) is 41.9 Å². The van der Waals surface area contributed by atoms with Gasteiger partial charge in [0.1, 0.15) is 5.76 Å². The van der Waals surface area contributed by atoms with Crippen molar-refractivity contribution in [2.75, 3.05) is 18.4 Å². The lowest BCUT2D eigenvalue weighted by atomic mass is 10.00. The van der Waals surface area contributed by atoms with Gasteiger partial charge in [0, 0.05) is 25.7 Å². The van der Waals surface area contributed by atoms with Crippen molar-refractivity contribution in [3.63, 3.8) is 0 Å². The van der Waals surface area contributed by atoms with Crippen LogP contribution in [0.15, 0.2) is 50.2 Å². The zero-order chi connectivity index (χ0) is 21.3. The number of nitrogens with zero attached hydrogens (tertiary/aromatic N) is 3. The highest BCUT2D eigenvalue weighted by Gasteiger charge is 2.33. The number of aryl methyl sites for hydroxylation is 1. The Morgan fingerprint density at radius 3 is 2.63 bits per heavy atom. The summed E-state index contributed by atoms with van der Waals surface area (Å²) in [5.74, 6) is 1.61. The molecule has 3 heterocycles. The summed E-state index contributed by atoms with van der Waals surface area (Å²) in [4.78, 5) is 15.7. The number of carbonyl (C=O) groups is 1. The second-order valence-electron chi connectivity index (χ2n) is 7.27. The number of benzene rings is 1. The van der Waals surface area contributed by atoms with Crippen molar-refractivity contribution in [2.24, 2.45) is 0 Å². The van der Waals surface area contributed by atoms with Crippen LogP contribution in [0.25, 0.3) is 11.6 Å². The predicted octanol–water partition coefficient (Wildman–Crippen LogP) is 3.16. The van der Waals surface area contributed by atoms with Gasteiger partial charge in [-0.1, -0.05) is 5.16 Å². The van der Waals surface area contributed by atoms with Crippen LogP contribution in [0.2, 0.25) is 0 Å². The maximum atomic E-state index is 13.1. The Labute approximate surface area is 174 Å². The molecule has 0 saturated carbocycles. The van der Waals surface area contributed by atoms with Gasteiger partial charge in [0.05, 0.1) is 10.8 Å². The minimum absolute atomic E-state index is 0.175. The van der Waals surface area contributed by atoms with Crippen LogP contribution in [0.3, 0.4) is 0 Å². The van der Waals surface area contributed by atoms with E-state index in [0.717, 1.165) is 12.2 Å². The molecule has 30 heavy (non-hydrogen) atoms. The molecule has 1 atom stereocenters. The molecule has 1 unspecified atom stereocenters. The number of carbonyl (C=O) groups excluding carboxylic acids is 1. The van der Waals surface area contributed by atoms with Crippen molar-refractivity contribution in [1.82, 2.24) is 14.4 Å². The van der Waals surface area contributed by atoms with Crippen LogP contribution in [0, 0.1) is 6.92 Å². The average molecular weight is 430 g/mol. The third kappa shape index (κ3) is 4.14. The van der Waals surface area contributed by atoms with Gasteiger partial charge in [-0.05, 0) is 56.2 Å². The molecule has 0 bridgehead atoms. The molecule has 0 aliphatic carbocycles. The lowest BCUT2D eigenvalue weighted by molar-refractivity contribution is -0.114. The Balaban J connectivity index is 1.50. The van der Waals surface area contributed by atoms with Crippen LogP contribution < -0.4 is 5.32 Å². The zero-order valence-electron chi connectivity index (χ0n) is 16.7. The summed E-state index contributed by atoms with van der Waals surface area (Å²) < 4.78 is 38.5. The van der Waals surface area contributed by atoms with E-state index in [-0.39, 0.29) is 23.3 Å². The number of nitrogens with one attached hydrogen (secondary N) is 1. The van der Waals surface area contributed by atoms with Crippen molar-refractivity contribution >= 4 is 21.6 Å². The Kier molecular flexibility index (Phi) is 5.44. The second kappa shape index (κ2) is 8.04. The maximum Gasteiger partial charge on any atom is 0.243 e. The molecule has 0 spiro atoms. The number of piperidine rings is 1. The van der Waals surface area contributed by atoms with E-state index >= 15 is 0 Å². The molecule has 1 N–H and O–H groups in total. The number of anilines is 1. The van der Waals surface area contributed by atoms with E-state index < -0.39 is 10.0 Å². The molecule has 158 valence electrons. The highest BCUT2D eigenvalue weighted by atomic mass is 32.2. The molecular formula is C20H22N4O5S. The summed E-state index contributed by atoms with van der Waals surface area (Å²) in [5.41, 5.74) is 0.546. The lowest BCUT2D eigenvalue weighted by Crippen LogP contribution is -2.39. The molecule has 4 rings (SSSR count). The minimum Gasteiger partial charge on any atom is -0.458 e. The van der Waals surface area contributed by atoms with E-state index in [0.29, 0.717) is 36.1 Å². The fourth-order valence-corrected chi connectivity index (χ4v) is 5.00. The van der Waals surface area contributed by atoms with Crippen molar-refractivity contribution in [3.8, 4) is 11.6 Å². The van der Waals surface area contributed by atoms with Gasteiger partial charge in [0.25, 0.3) is 0 Å². The summed E-state index contributed by atoms with van der Waals surface area (Å²) in [7, 11) is -3.68. The van der Waals surface area contributed by atoms with Gasteiger partial charge in [-0.15, -0.1) is 0 Å². The van der Waals surface area contributed by atoms with Crippen molar-refractivity contribution in [3.05, 3.63) is 48.0 Å². The molecule has 1 aliphatic heterocycles. The molecule has 1 fully saturated rings. The van der Waals surface area contributed by atoms with Crippen molar-refractivity contribution in [2.45, 2.75) is 37.5 Å². The van der Waals surface area contributed by atoms with Gasteiger partial charge < -0.3 is 14.3 Å². The number of rotatable bonds is 5. The van der Waals surface area contributed by atoms with Gasteiger partial charge in [-0.25, -0.2) is 8.42 Å². The fourth-order valence-electron chi connectivity index (χ4n) is 3.48. The Bertz CT molecular complexity index is 1150. The normalized spacial score (nSPS) is 17.7. The largest absolute Gasteiger partial charge is 0.458 e. The molecule has 1 saturated heterocycles. The Morgan fingerprint density at radius 2 is 1.97 bits per heavy atom. The van der Waals surface area contributed by atoms with Gasteiger partial charge in [0.2, 0.25) is 27.6 Å². The average Bonchev–Trinajstić information content (AvgIpc) is 3.37. The molecular weight excluding hydrogens is 408 g/mol. The third-order valence-corrected chi connectivity index (χ3v) is 6.83. The molecule has 10 heteroatoms. The second-order valence-corrected chi connectivity index (χ2v) is 9.21. The van der Waals surface area contributed by atoms with Gasteiger partial charge in [0.15, 0.2) is 5.76 Å². The summed E-state index contributed by atoms with van der Waals surface area (Å²) in [6.07, 6.45) is 1.44. The predicted molar refractivity (Wildman–Crippen MR) is 108 cm³/mol. The van der Waals surface area contributed by atoms with Crippen molar-refractivity contribution in [1.29, 1.82) is 0 Å². The molecule has 1 aliphatic rings. The van der Waals surface area contributed by atoms with Crippen LogP contribution in [0.5, 0.6) is 0 Å². The summed E-state index contributed by atoms with van der Waals surface area (Å²) >= 11 is 0. The van der Waals surface area contributed by atoms with Crippen LogP contribution in [0.4, 0.5) is 5.69 Å². The Morgan fingerprint density at radius 1 is 1.20 bits per heavy atom. The standard InChI is InChI=1S/C20H22N4O5S/c1-13-5-10-18(28-13)19-22-20(29-23-19)15-4-3-11-24(12-15)30(26,27)17-8-6-16(7-9-17)21-14(2)25/h5-10,15H,3-4,11-12H2,1-2H3,(H,21,25). The highest BCUT2D eigenvalue weighted by molar-refractivity contribution is 7.89. The summed E-state index contributed by atoms with van der Waals surface area (Å²) in [6, 6.07) is 9.73. The Hall–Kier alpha value is -2.98. The van der Waals surface area contributed by atoms with Gasteiger partial charge in [-0.3, -0.25) is 4.79 Å². The topological polar surface area (TPSA) is 119 Å². The van der Waals surface area contributed by atoms with Crippen LogP contribution in [0.1, 0.15) is 37.3 Å². The molecule has 0 radical (unpaired) electrons. The summed E-state index contributed by atoms with van der Waals surface area (Å²) in [5, 5.41) is 6.60. The quantitative estimate of drug-likeness (QED) is 0.660. The number of furan rings is 1. The van der Waals surface area contributed by atoms with Crippen LogP contribution in [-0.2, 0) is 14.8 Å². The first-order valence-corrected chi connectivity index (χ1v) is 11.0. The first-order chi connectivity index (χ1) is 14.3. The number of aromatic nitrogens is 2. The monoisotopic (exact) mass is 430 g/mol. The van der Waals surface area contributed by atoms with E-state index in [2.05, 4.69) is 15.5 Å². The van der Waals surface area contributed by atoms with E-state index in [1.54, 1.807) is 18.2 Å². The fraction of sp³-hybridized carbons (Fsp3) is 0.350.